The zero-order valence-electron chi connectivity index (χ0n) is 16.9. The molecule has 6 nitrogen and oxygen atoms in total. The van der Waals surface area contributed by atoms with Crippen molar-refractivity contribution in [3.05, 3.63) is 88.7 Å². The monoisotopic (exact) mass is 398 g/mol. The number of nitrogens with zero attached hydrogens (tertiary/aromatic N) is 2. The molecule has 6 heteroatoms. The number of nitrogens with one attached hydrogen (secondary N) is 2. The van der Waals surface area contributed by atoms with Crippen LogP contribution in [0.2, 0.25) is 0 Å². The molecule has 150 valence electrons. The Morgan fingerprint density at radius 1 is 0.933 bits per heavy atom. The van der Waals surface area contributed by atoms with Crippen LogP contribution in [0.3, 0.4) is 0 Å². The highest BCUT2D eigenvalue weighted by molar-refractivity contribution is 6.08. The number of anilines is 2. The number of amides is 2. The minimum absolute atomic E-state index is 0.154. The van der Waals surface area contributed by atoms with Gasteiger partial charge in [0, 0.05) is 23.1 Å². The van der Waals surface area contributed by atoms with Crippen LogP contribution < -0.4 is 10.6 Å². The molecule has 0 fully saturated rings. The van der Waals surface area contributed by atoms with E-state index < -0.39 is 0 Å². The lowest BCUT2D eigenvalue weighted by Crippen LogP contribution is -2.18. The highest BCUT2D eigenvalue weighted by Gasteiger charge is 2.15. The van der Waals surface area contributed by atoms with Gasteiger partial charge >= 0.3 is 0 Å². The maximum atomic E-state index is 12.8. The van der Waals surface area contributed by atoms with Crippen LogP contribution in [0.1, 0.15) is 51.4 Å². The molecule has 0 atom stereocenters. The van der Waals surface area contributed by atoms with Crippen molar-refractivity contribution in [2.24, 2.45) is 0 Å². The first-order chi connectivity index (χ1) is 14.5. The van der Waals surface area contributed by atoms with Crippen molar-refractivity contribution in [2.45, 2.75) is 26.7 Å². The Labute approximate surface area is 175 Å². The van der Waals surface area contributed by atoms with E-state index in [0.29, 0.717) is 16.8 Å². The minimum Gasteiger partial charge on any atom is -0.322 e. The van der Waals surface area contributed by atoms with E-state index in [1.54, 1.807) is 24.3 Å². The predicted molar refractivity (Wildman–Crippen MR) is 116 cm³/mol. The Bertz CT molecular complexity index is 1110. The van der Waals surface area contributed by atoms with Crippen LogP contribution in [-0.2, 0) is 12.8 Å². The molecule has 30 heavy (non-hydrogen) atoms. The summed E-state index contributed by atoms with van der Waals surface area (Å²) in [5, 5.41) is 14.7. The molecule has 2 aromatic carbocycles. The van der Waals surface area contributed by atoms with Gasteiger partial charge in [-0.1, -0.05) is 38.1 Å². The zero-order chi connectivity index (χ0) is 21.5. The van der Waals surface area contributed by atoms with E-state index >= 15 is 0 Å². The standard InChI is InChI=1S/C24H22N4O2/c1-3-17-8-6-9-18(4-2)22(17)28-24(30)21-14-19(11-12-26-21)23(29)27-20-10-5-7-16(13-20)15-25/h5-14H,3-4H2,1-2H3,(H,27,29)(H,28,30). The third kappa shape index (κ3) is 4.70. The van der Waals surface area contributed by atoms with Gasteiger partial charge in [0.05, 0.1) is 11.6 Å². The summed E-state index contributed by atoms with van der Waals surface area (Å²) in [6, 6.07) is 17.6. The molecule has 3 aromatic rings. The first-order valence-electron chi connectivity index (χ1n) is 9.75. The summed E-state index contributed by atoms with van der Waals surface area (Å²) in [5.41, 5.74) is 4.31. The SMILES string of the molecule is CCc1cccc(CC)c1NC(=O)c1cc(C(=O)Nc2cccc(C#N)c2)ccn1. The highest BCUT2D eigenvalue weighted by Crippen LogP contribution is 2.23. The molecule has 1 heterocycles. The molecule has 2 N–H and O–H groups in total. The number of nitriles is 1. The fourth-order valence-electron chi connectivity index (χ4n) is 3.15. The van der Waals surface area contributed by atoms with E-state index in [1.165, 1.54) is 18.3 Å². The largest absolute Gasteiger partial charge is 0.322 e. The third-order valence-electron chi connectivity index (χ3n) is 4.74. The van der Waals surface area contributed by atoms with Gasteiger partial charge in [0.2, 0.25) is 0 Å². The molecule has 0 aliphatic heterocycles. The number of hydrogen-bond acceptors (Lipinski definition) is 4. The van der Waals surface area contributed by atoms with E-state index in [2.05, 4.69) is 15.6 Å². The molecule has 0 saturated carbocycles. The van der Waals surface area contributed by atoms with Gasteiger partial charge in [-0.25, -0.2) is 0 Å². The number of carbonyl (C=O) groups excluding carboxylic acids is 2. The van der Waals surface area contributed by atoms with Gasteiger partial charge in [-0.05, 0) is 54.3 Å². The molecule has 0 aliphatic carbocycles. The van der Waals surface area contributed by atoms with Crippen LogP contribution in [0.25, 0.3) is 0 Å². The number of benzene rings is 2. The molecular weight excluding hydrogens is 376 g/mol. The molecular formula is C24H22N4O2. The van der Waals surface area contributed by atoms with Gasteiger partial charge in [-0.3, -0.25) is 14.6 Å². The summed E-state index contributed by atoms with van der Waals surface area (Å²) in [7, 11) is 0. The average Bonchev–Trinajstić information content (AvgIpc) is 2.79. The van der Waals surface area contributed by atoms with E-state index in [9.17, 15) is 9.59 Å². The Morgan fingerprint density at radius 2 is 1.63 bits per heavy atom. The molecule has 1 aromatic heterocycles. The van der Waals surface area contributed by atoms with E-state index in [-0.39, 0.29) is 17.5 Å². The maximum Gasteiger partial charge on any atom is 0.274 e. The summed E-state index contributed by atoms with van der Waals surface area (Å²) >= 11 is 0. The molecule has 2 amide bonds. The second kappa shape index (κ2) is 9.48. The second-order valence-corrected chi connectivity index (χ2v) is 6.69. The topological polar surface area (TPSA) is 94.9 Å². The van der Waals surface area contributed by atoms with E-state index in [1.807, 2.05) is 38.1 Å². The van der Waals surface area contributed by atoms with Crippen molar-refractivity contribution >= 4 is 23.2 Å². The number of rotatable bonds is 6. The van der Waals surface area contributed by atoms with Gasteiger partial charge in [0.15, 0.2) is 0 Å². The first kappa shape index (κ1) is 20.7. The summed E-state index contributed by atoms with van der Waals surface area (Å²) in [6.07, 6.45) is 3.02. The average molecular weight is 398 g/mol. The zero-order valence-corrected chi connectivity index (χ0v) is 16.9. The fourth-order valence-corrected chi connectivity index (χ4v) is 3.15. The van der Waals surface area contributed by atoms with Crippen molar-refractivity contribution in [2.75, 3.05) is 10.6 Å². The van der Waals surface area contributed by atoms with Crippen molar-refractivity contribution in [3.8, 4) is 6.07 Å². The number of para-hydroxylation sites is 1. The van der Waals surface area contributed by atoms with Crippen LogP contribution >= 0.6 is 0 Å². The van der Waals surface area contributed by atoms with Crippen LogP contribution in [0, 0.1) is 11.3 Å². The summed E-state index contributed by atoms with van der Waals surface area (Å²) < 4.78 is 0. The Balaban J connectivity index is 1.81. The molecule has 0 bridgehead atoms. The smallest absolute Gasteiger partial charge is 0.274 e. The van der Waals surface area contributed by atoms with Crippen molar-refractivity contribution < 1.29 is 9.59 Å². The lowest BCUT2D eigenvalue weighted by Gasteiger charge is -2.14. The van der Waals surface area contributed by atoms with Crippen LogP contribution in [0.4, 0.5) is 11.4 Å². The molecule has 0 aliphatic rings. The number of carbonyl (C=O) groups is 2. The van der Waals surface area contributed by atoms with Crippen molar-refractivity contribution in [3.63, 3.8) is 0 Å². The summed E-state index contributed by atoms with van der Waals surface area (Å²) in [4.78, 5) is 29.5. The Morgan fingerprint density at radius 3 is 2.30 bits per heavy atom. The van der Waals surface area contributed by atoms with Crippen LogP contribution in [0.15, 0.2) is 60.8 Å². The quantitative estimate of drug-likeness (QED) is 0.635. The van der Waals surface area contributed by atoms with Crippen LogP contribution in [-0.4, -0.2) is 16.8 Å². The predicted octanol–water partition coefficient (Wildman–Crippen LogP) is 4.58. The normalized spacial score (nSPS) is 10.2. The lowest BCUT2D eigenvalue weighted by atomic mass is 10.0. The minimum atomic E-state index is -0.384. The first-order valence-corrected chi connectivity index (χ1v) is 9.75. The summed E-state index contributed by atoms with van der Waals surface area (Å²) in [5.74, 6) is -0.753. The molecule has 0 unspecified atom stereocenters. The van der Waals surface area contributed by atoms with Gasteiger partial charge in [0.25, 0.3) is 11.8 Å². The number of aromatic nitrogens is 1. The number of pyridine rings is 1. The maximum absolute atomic E-state index is 12.8. The molecule has 0 saturated heterocycles. The molecule has 0 spiro atoms. The van der Waals surface area contributed by atoms with Gasteiger partial charge in [-0.2, -0.15) is 5.26 Å². The van der Waals surface area contributed by atoms with E-state index in [4.69, 9.17) is 5.26 Å². The van der Waals surface area contributed by atoms with E-state index in [0.717, 1.165) is 29.7 Å². The van der Waals surface area contributed by atoms with Crippen molar-refractivity contribution in [1.82, 2.24) is 4.98 Å². The highest BCUT2D eigenvalue weighted by atomic mass is 16.2. The van der Waals surface area contributed by atoms with Gasteiger partial charge < -0.3 is 10.6 Å². The second-order valence-electron chi connectivity index (χ2n) is 6.69. The van der Waals surface area contributed by atoms with Gasteiger partial charge in [-0.15, -0.1) is 0 Å². The van der Waals surface area contributed by atoms with Crippen LogP contribution in [0.5, 0.6) is 0 Å². The Hall–Kier alpha value is -3.98. The molecule has 3 rings (SSSR count). The third-order valence-corrected chi connectivity index (χ3v) is 4.74. The number of aryl methyl sites for hydroxylation is 2. The summed E-state index contributed by atoms with van der Waals surface area (Å²) in [6.45, 7) is 4.07. The fraction of sp³-hybridized carbons (Fsp3) is 0.167. The van der Waals surface area contributed by atoms with Crippen molar-refractivity contribution in [1.29, 1.82) is 5.26 Å². The lowest BCUT2D eigenvalue weighted by molar-refractivity contribution is 0.102. The number of hydrogen-bond donors (Lipinski definition) is 2. The molecule has 0 radical (unpaired) electrons. The van der Waals surface area contributed by atoms with Gasteiger partial charge in [0.1, 0.15) is 5.69 Å². The Kier molecular flexibility index (Phi) is 6.56.